The van der Waals surface area contributed by atoms with E-state index in [0.717, 1.165) is 0 Å². The van der Waals surface area contributed by atoms with Gasteiger partial charge in [0.15, 0.2) is 0 Å². The molecule has 0 saturated carbocycles. The normalized spacial score (nSPS) is 9.55. The number of benzene rings is 1. The quantitative estimate of drug-likeness (QED) is 0.460. The molecular weight excluding hydrogens is 292 g/mol. The molecule has 0 spiro atoms. The van der Waals surface area contributed by atoms with Crippen LogP contribution in [0.1, 0.15) is 6.92 Å². The summed E-state index contributed by atoms with van der Waals surface area (Å²) in [6.45, 7) is 1.64. The minimum atomic E-state index is -0.967. The van der Waals surface area contributed by atoms with Crippen LogP contribution >= 0.6 is 0 Å². The molecule has 8 heteroatoms. The van der Waals surface area contributed by atoms with Gasteiger partial charge in [0, 0.05) is 5.69 Å². The number of ether oxygens (including phenoxy) is 3. The number of carbonyl (C=O) groups excluding carboxylic acids is 3. The highest BCUT2D eigenvalue weighted by atomic mass is 16.6. The fraction of sp³-hybridized carbons (Fsp3) is 0.357. The molecule has 2 N–H and O–H groups in total. The molecule has 22 heavy (non-hydrogen) atoms. The Labute approximate surface area is 127 Å². The first-order chi connectivity index (χ1) is 10.6. The fourth-order valence-electron chi connectivity index (χ4n) is 1.41. The number of rotatable bonds is 6. The van der Waals surface area contributed by atoms with E-state index in [1.165, 1.54) is 0 Å². The van der Waals surface area contributed by atoms with Gasteiger partial charge in [-0.3, -0.25) is 10.1 Å². The first kappa shape index (κ1) is 17.3. The summed E-state index contributed by atoms with van der Waals surface area (Å²) in [6.07, 6.45) is -0.671. The highest BCUT2D eigenvalue weighted by Crippen LogP contribution is 2.14. The third-order valence-corrected chi connectivity index (χ3v) is 2.42. The van der Waals surface area contributed by atoms with Gasteiger partial charge in [0.25, 0.3) is 0 Å². The first-order valence-electron chi connectivity index (χ1n) is 6.59. The number of amides is 2. The van der Waals surface area contributed by atoms with E-state index in [9.17, 15) is 14.4 Å². The van der Waals surface area contributed by atoms with E-state index in [1.54, 1.807) is 38.3 Å². The maximum atomic E-state index is 11.5. The summed E-state index contributed by atoms with van der Waals surface area (Å²) < 4.78 is 14.3. The van der Waals surface area contributed by atoms with Crippen LogP contribution in [0, 0.1) is 0 Å². The maximum absolute atomic E-state index is 11.5. The molecular formula is C14H18N2O6. The second-order valence-corrected chi connectivity index (χ2v) is 3.97. The van der Waals surface area contributed by atoms with Crippen LogP contribution in [0.4, 0.5) is 10.5 Å². The molecule has 0 aromatic heterocycles. The van der Waals surface area contributed by atoms with E-state index in [1.807, 2.05) is 0 Å². The van der Waals surface area contributed by atoms with Gasteiger partial charge in [-0.15, -0.1) is 0 Å². The summed E-state index contributed by atoms with van der Waals surface area (Å²) in [6, 6.07) is 6.69. The van der Waals surface area contributed by atoms with Gasteiger partial charge in [0.1, 0.15) is 12.4 Å². The zero-order valence-corrected chi connectivity index (χ0v) is 12.4. The molecule has 0 saturated heterocycles. The van der Waals surface area contributed by atoms with Crippen LogP contribution in [-0.4, -0.2) is 44.8 Å². The molecule has 0 radical (unpaired) electrons. The van der Waals surface area contributed by atoms with E-state index in [-0.39, 0.29) is 19.8 Å². The summed E-state index contributed by atoms with van der Waals surface area (Å²) in [5.41, 5.74) is 0.543. The van der Waals surface area contributed by atoms with E-state index in [4.69, 9.17) is 9.47 Å². The van der Waals surface area contributed by atoms with Gasteiger partial charge < -0.3 is 19.5 Å². The number of hydrogen-bond acceptors (Lipinski definition) is 6. The van der Waals surface area contributed by atoms with Crippen LogP contribution in [0.25, 0.3) is 0 Å². The molecule has 8 nitrogen and oxygen atoms in total. The van der Waals surface area contributed by atoms with Crippen molar-refractivity contribution in [2.75, 3.05) is 32.2 Å². The monoisotopic (exact) mass is 310 g/mol. The summed E-state index contributed by atoms with van der Waals surface area (Å²) in [4.78, 5) is 33.7. The highest BCUT2D eigenvalue weighted by Gasteiger charge is 2.13. The number of anilines is 1. The van der Waals surface area contributed by atoms with Crippen LogP contribution < -0.4 is 15.4 Å². The molecule has 0 fully saturated rings. The third-order valence-electron chi connectivity index (χ3n) is 2.42. The van der Waals surface area contributed by atoms with Crippen molar-refractivity contribution >= 4 is 23.7 Å². The van der Waals surface area contributed by atoms with Gasteiger partial charge in [-0.2, -0.15) is 0 Å². The van der Waals surface area contributed by atoms with Gasteiger partial charge in [-0.05, 0) is 31.2 Å². The summed E-state index contributed by atoms with van der Waals surface area (Å²) >= 11 is 0. The minimum absolute atomic E-state index is 0.00762. The highest BCUT2D eigenvalue weighted by molar-refractivity contribution is 6.32. The van der Waals surface area contributed by atoms with Crippen molar-refractivity contribution < 1.29 is 28.6 Å². The maximum Gasteiger partial charge on any atom is 0.411 e. The largest absolute Gasteiger partial charge is 0.497 e. The molecule has 2 amide bonds. The summed E-state index contributed by atoms with van der Waals surface area (Å²) in [7, 11) is 1.54. The summed E-state index contributed by atoms with van der Waals surface area (Å²) in [5.74, 6) is -1.17. The average Bonchev–Trinajstić information content (AvgIpc) is 2.52. The van der Waals surface area contributed by atoms with Crippen molar-refractivity contribution in [1.29, 1.82) is 0 Å². The SMILES string of the molecule is CCOC(=O)C(=O)NCCOC(=O)Nc1ccc(OC)cc1. The van der Waals surface area contributed by atoms with Crippen molar-refractivity contribution in [3.05, 3.63) is 24.3 Å². The van der Waals surface area contributed by atoms with Gasteiger partial charge in [-0.25, -0.2) is 9.59 Å². The Balaban J connectivity index is 2.23. The topological polar surface area (TPSA) is 103 Å². The molecule has 0 aliphatic heterocycles. The lowest BCUT2D eigenvalue weighted by atomic mass is 10.3. The molecule has 0 atom stereocenters. The van der Waals surface area contributed by atoms with Crippen LogP contribution in [0.15, 0.2) is 24.3 Å². The molecule has 0 aliphatic rings. The predicted molar refractivity (Wildman–Crippen MR) is 77.6 cm³/mol. The van der Waals surface area contributed by atoms with E-state index >= 15 is 0 Å². The van der Waals surface area contributed by atoms with E-state index in [0.29, 0.717) is 11.4 Å². The van der Waals surface area contributed by atoms with Crippen molar-refractivity contribution in [3.63, 3.8) is 0 Å². The Kier molecular flexibility index (Phi) is 7.24. The Morgan fingerprint density at radius 2 is 1.77 bits per heavy atom. The lowest BCUT2D eigenvalue weighted by Crippen LogP contribution is -2.35. The molecule has 1 rings (SSSR count). The molecule has 0 aliphatic carbocycles. The molecule has 1 aromatic rings. The number of hydrogen-bond donors (Lipinski definition) is 2. The number of carbonyl (C=O) groups is 3. The number of methoxy groups -OCH3 is 1. The second-order valence-electron chi connectivity index (χ2n) is 3.97. The predicted octanol–water partition coefficient (Wildman–Crippen LogP) is 0.923. The standard InChI is InChI=1S/C14H18N2O6/c1-3-21-13(18)12(17)15-8-9-22-14(19)16-10-4-6-11(20-2)7-5-10/h4-7H,3,8-9H2,1-2H3,(H,15,17)(H,16,19). The van der Waals surface area contributed by atoms with E-state index in [2.05, 4.69) is 15.4 Å². The molecule has 0 bridgehead atoms. The number of nitrogens with one attached hydrogen (secondary N) is 2. The fourth-order valence-corrected chi connectivity index (χ4v) is 1.41. The average molecular weight is 310 g/mol. The third kappa shape index (κ3) is 6.12. The molecule has 0 heterocycles. The summed E-state index contributed by atoms with van der Waals surface area (Å²) in [5, 5.41) is 4.77. The Morgan fingerprint density at radius 1 is 1.09 bits per heavy atom. The van der Waals surface area contributed by atoms with Crippen molar-refractivity contribution in [1.82, 2.24) is 5.32 Å². The Morgan fingerprint density at radius 3 is 2.36 bits per heavy atom. The second kappa shape index (κ2) is 9.22. The van der Waals surface area contributed by atoms with Crippen LogP contribution in [0.5, 0.6) is 5.75 Å². The van der Waals surface area contributed by atoms with Gasteiger partial charge in [0.05, 0.1) is 20.3 Å². The lowest BCUT2D eigenvalue weighted by molar-refractivity contribution is -0.154. The van der Waals surface area contributed by atoms with Crippen LogP contribution in [0.3, 0.4) is 0 Å². The lowest BCUT2D eigenvalue weighted by Gasteiger charge is -2.08. The van der Waals surface area contributed by atoms with Crippen molar-refractivity contribution in [3.8, 4) is 5.75 Å². The molecule has 0 unspecified atom stereocenters. The first-order valence-corrected chi connectivity index (χ1v) is 6.59. The molecule has 120 valence electrons. The Bertz CT molecular complexity index is 515. The van der Waals surface area contributed by atoms with Crippen molar-refractivity contribution in [2.45, 2.75) is 6.92 Å². The van der Waals surface area contributed by atoms with E-state index < -0.39 is 18.0 Å². The molecule has 1 aromatic carbocycles. The van der Waals surface area contributed by atoms with Gasteiger partial charge in [0.2, 0.25) is 0 Å². The van der Waals surface area contributed by atoms with Crippen molar-refractivity contribution in [2.24, 2.45) is 0 Å². The minimum Gasteiger partial charge on any atom is -0.497 e. The smallest absolute Gasteiger partial charge is 0.411 e. The van der Waals surface area contributed by atoms with Crippen LogP contribution in [-0.2, 0) is 19.1 Å². The Hall–Kier alpha value is -2.77. The number of esters is 1. The zero-order valence-electron chi connectivity index (χ0n) is 12.4. The van der Waals surface area contributed by atoms with Gasteiger partial charge >= 0.3 is 18.0 Å². The van der Waals surface area contributed by atoms with Crippen LogP contribution in [0.2, 0.25) is 0 Å². The van der Waals surface area contributed by atoms with Gasteiger partial charge in [-0.1, -0.05) is 0 Å². The zero-order chi connectivity index (χ0) is 16.4.